The molecule has 1 atom stereocenters. The number of aliphatic imine (C=N–C) groups is 1. The van der Waals surface area contributed by atoms with Crippen molar-refractivity contribution in [2.24, 2.45) is 4.99 Å². The molecule has 0 aromatic heterocycles. The summed E-state index contributed by atoms with van der Waals surface area (Å²) >= 11 is 6.29. The maximum Gasteiger partial charge on any atom is 0.319 e. The normalized spacial score (nSPS) is 14.8. The van der Waals surface area contributed by atoms with Crippen LogP contribution in [0.15, 0.2) is 84.4 Å². The van der Waals surface area contributed by atoms with E-state index >= 15 is 0 Å². The lowest BCUT2D eigenvalue weighted by atomic mass is 10.00. The molecule has 3 rings (SSSR count). The lowest BCUT2D eigenvalue weighted by Crippen LogP contribution is -2.34. The maximum absolute atomic E-state index is 13.0. The fourth-order valence-electron chi connectivity index (χ4n) is 3.60. The minimum absolute atomic E-state index is 0.0331. The van der Waals surface area contributed by atoms with Crippen molar-refractivity contribution in [2.45, 2.75) is 52.6 Å². The number of nitrogens with one attached hydrogen (secondary N) is 3. The Kier molecular flexibility index (Phi) is 11.2. The number of halogens is 1. The molecule has 0 spiro atoms. The Balaban J connectivity index is 0.00000222. The lowest BCUT2D eigenvalue weighted by Gasteiger charge is -2.13. The molecule has 3 amide bonds. The summed E-state index contributed by atoms with van der Waals surface area (Å²) in [5.41, 5.74) is 4.50. The zero-order valence-electron chi connectivity index (χ0n) is 21.4. The molecule has 1 aliphatic rings. The average molecular weight is 507 g/mol. The Morgan fingerprint density at radius 1 is 1.17 bits per heavy atom. The van der Waals surface area contributed by atoms with Crippen molar-refractivity contribution < 1.29 is 9.59 Å². The first-order valence-electron chi connectivity index (χ1n) is 12.1. The molecule has 0 saturated heterocycles. The van der Waals surface area contributed by atoms with Gasteiger partial charge in [-0.3, -0.25) is 9.79 Å². The van der Waals surface area contributed by atoms with Gasteiger partial charge in [0.25, 0.3) is 0 Å². The number of allylic oxidation sites excluding steroid dienone is 4. The van der Waals surface area contributed by atoms with Crippen LogP contribution in [0.5, 0.6) is 0 Å². The number of carbonyl (C=O) groups is 2. The predicted octanol–water partition coefficient (Wildman–Crippen LogP) is 7.13. The fraction of sp³-hybridized carbons (Fsp3) is 0.276. The van der Waals surface area contributed by atoms with E-state index in [1.165, 1.54) is 0 Å². The van der Waals surface area contributed by atoms with Crippen LogP contribution in [0.3, 0.4) is 0 Å². The Morgan fingerprint density at radius 3 is 2.47 bits per heavy atom. The quantitative estimate of drug-likeness (QED) is 0.333. The van der Waals surface area contributed by atoms with Crippen molar-refractivity contribution in [3.8, 4) is 0 Å². The number of benzene rings is 2. The number of hydrogen-bond donors (Lipinski definition) is 3. The third-order valence-corrected chi connectivity index (χ3v) is 5.45. The second-order valence-electron chi connectivity index (χ2n) is 8.22. The SMILES string of the molecule is C=C/C=C(\C=C)CCC1N=C(c2ccc(NC(=O)NC(C)C)cc2)c2cc(Cl)ccc2NC1=O.CC. The van der Waals surface area contributed by atoms with E-state index in [2.05, 4.69) is 29.1 Å². The first-order valence-corrected chi connectivity index (χ1v) is 12.5. The van der Waals surface area contributed by atoms with Crippen molar-refractivity contribution in [2.75, 3.05) is 10.6 Å². The molecule has 0 radical (unpaired) electrons. The molecule has 2 aromatic carbocycles. The Hall–Kier alpha value is -3.64. The van der Waals surface area contributed by atoms with Gasteiger partial charge in [-0.2, -0.15) is 0 Å². The third-order valence-electron chi connectivity index (χ3n) is 5.22. The molecule has 0 saturated carbocycles. The first kappa shape index (κ1) is 28.6. The molecule has 7 heteroatoms. The topological polar surface area (TPSA) is 82.6 Å². The number of fused-ring (bicyclic) bond motifs is 1. The molecule has 0 aliphatic carbocycles. The number of benzodiazepines with no additional fused rings is 1. The van der Waals surface area contributed by atoms with Crippen molar-refractivity contribution in [3.05, 3.63) is 95.6 Å². The monoisotopic (exact) mass is 506 g/mol. The van der Waals surface area contributed by atoms with Crippen LogP contribution in [0.1, 0.15) is 51.7 Å². The van der Waals surface area contributed by atoms with Crippen LogP contribution in [-0.2, 0) is 4.79 Å². The molecule has 190 valence electrons. The fourth-order valence-corrected chi connectivity index (χ4v) is 3.77. The van der Waals surface area contributed by atoms with E-state index < -0.39 is 6.04 Å². The highest BCUT2D eigenvalue weighted by atomic mass is 35.5. The van der Waals surface area contributed by atoms with Crippen LogP contribution in [0.25, 0.3) is 0 Å². The minimum Gasteiger partial charge on any atom is -0.336 e. The molecule has 36 heavy (non-hydrogen) atoms. The zero-order chi connectivity index (χ0) is 26.7. The highest BCUT2D eigenvalue weighted by molar-refractivity contribution is 6.32. The largest absolute Gasteiger partial charge is 0.336 e. The average Bonchev–Trinajstić information content (AvgIpc) is 2.99. The van der Waals surface area contributed by atoms with Crippen molar-refractivity contribution in [1.82, 2.24) is 5.32 Å². The summed E-state index contributed by atoms with van der Waals surface area (Å²) in [5.74, 6) is -0.177. The summed E-state index contributed by atoms with van der Waals surface area (Å²) in [6.45, 7) is 15.3. The van der Waals surface area contributed by atoms with E-state index in [0.29, 0.717) is 35.0 Å². The van der Waals surface area contributed by atoms with Crippen LogP contribution in [0, 0.1) is 0 Å². The van der Waals surface area contributed by atoms with E-state index in [1.807, 2.05) is 45.9 Å². The van der Waals surface area contributed by atoms with E-state index in [0.717, 1.165) is 16.7 Å². The number of urea groups is 1. The smallest absolute Gasteiger partial charge is 0.319 e. The van der Waals surface area contributed by atoms with Crippen LogP contribution in [0.4, 0.5) is 16.2 Å². The standard InChI is InChI=1S/C27H29ClN4O2.C2H6/c1-5-7-18(6-2)8-14-24-26(33)32-23-15-11-20(28)16-22(23)25(31-24)19-9-12-21(13-10-19)30-27(34)29-17(3)4;1-2/h5-7,9-13,15-17,24H,1-2,8,14H2,3-4H3,(H,32,33)(H2,29,30,34);1-2H3/b18-7+;. The summed E-state index contributed by atoms with van der Waals surface area (Å²) in [4.78, 5) is 29.9. The van der Waals surface area contributed by atoms with E-state index in [-0.39, 0.29) is 18.0 Å². The van der Waals surface area contributed by atoms with Gasteiger partial charge in [0.2, 0.25) is 5.91 Å². The number of amides is 3. The molecule has 6 nitrogen and oxygen atoms in total. The molecule has 1 heterocycles. The molecule has 0 bridgehead atoms. The number of nitrogens with zero attached hydrogens (tertiary/aromatic N) is 1. The minimum atomic E-state index is -0.594. The second-order valence-corrected chi connectivity index (χ2v) is 8.66. The van der Waals surface area contributed by atoms with Gasteiger partial charge in [-0.25, -0.2) is 4.79 Å². The molecule has 1 aliphatic heterocycles. The summed E-state index contributed by atoms with van der Waals surface area (Å²) in [6.07, 6.45) is 6.49. The summed E-state index contributed by atoms with van der Waals surface area (Å²) in [7, 11) is 0. The van der Waals surface area contributed by atoms with Gasteiger partial charge in [-0.05, 0) is 62.6 Å². The lowest BCUT2D eigenvalue weighted by molar-refractivity contribution is -0.117. The van der Waals surface area contributed by atoms with Crippen LogP contribution < -0.4 is 16.0 Å². The van der Waals surface area contributed by atoms with Crippen molar-refractivity contribution >= 4 is 40.6 Å². The van der Waals surface area contributed by atoms with E-state index in [4.69, 9.17) is 16.6 Å². The zero-order valence-corrected chi connectivity index (χ0v) is 22.2. The Morgan fingerprint density at radius 2 is 1.86 bits per heavy atom. The molecular weight excluding hydrogens is 472 g/mol. The number of rotatable bonds is 8. The first-order chi connectivity index (χ1) is 17.3. The number of hydrogen-bond acceptors (Lipinski definition) is 3. The predicted molar refractivity (Wildman–Crippen MR) is 152 cm³/mol. The van der Waals surface area contributed by atoms with Crippen LogP contribution >= 0.6 is 11.6 Å². The molecule has 2 aromatic rings. The van der Waals surface area contributed by atoms with Gasteiger partial charge >= 0.3 is 6.03 Å². The van der Waals surface area contributed by atoms with Crippen molar-refractivity contribution in [3.63, 3.8) is 0 Å². The van der Waals surface area contributed by atoms with Gasteiger partial charge in [-0.1, -0.05) is 69.0 Å². The van der Waals surface area contributed by atoms with Gasteiger partial charge < -0.3 is 16.0 Å². The maximum atomic E-state index is 13.0. The summed E-state index contributed by atoms with van der Waals surface area (Å²) in [5, 5.41) is 9.13. The Bertz CT molecular complexity index is 1150. The van der Waals surface area contributed by atoms with Crippen molar-refractivity contribution in [1.29, 1.82) is 0 Å². The molecular formula is C29H35ClN4O2. The third kappa shape index (κ3) is 7.95. The highest BCUT2D eigenvalue weighted by Crippen LogP contribution is 2.29. The summed E-state index contributed by atoms with van der Waals surface area (Å²) in [6, 6.07) is 11.8. The Labute approximate surface area is 219 Å². The molecule has 1 unspecified atom stereocenters. The highest BCUT2D eigenvalue weighted by Gasteiger charge is 2.26. The second kappa shape index (κ2) is 14.0. The van der Waals surface area contributed by atoms with Crippen LogP contribution in [0.2, 0.25) is 5.02 Å². The van der Waals surface area contributed by atoms with Gasteiger partial charge in [0.05, 0.1) is 11.4 Å². The van der Waals surface area contributed by atoms with E-state index in [1.54, 1.807) is 42.5 Å². The molecule has 3 N–H and O–H groups in total. The van der Waals surface area contributed by atoms with Gasteiger partial charge in [-0.15, -0.1) is 0 Å². The van der Waals surface area contributed by atoms with Gasteiger partial charge in [0.15, 0.2) is 0 Å². The van der Waals surface area contributed by atoms with Crippen LogP contribution in [-0.4, -0.2) is 29.7 Å². The van der Waals surface area contributed by atoms with E-state index in [9.17, 15) is 9.59 Å². The molecule has 0 fully saturated rings. The number of carbonyl (C=O) groups excluding carboxylic acids is 2. The summed E-state index contributed by atoms with van der Waals surface area (Å²) < 4.78 is 0. The van der Waals surface area contributed by atoms with Gasteiger partial charge in [0, 0.05) is 27.9 Å². The van der Waals surface area contributed by atoms with Gasteiger partial charge in [0.1, 0.15) is 6.04 Å². The number of anilines is 2.